The van der Waals surface area contributed by atoms with Gasteiger partial charge in [-0.05, 0) is 36.6 Å². The van der Waals surface area contributed by atoms with Crippen molar-refractivity contribution in [3.63, 3.8) is 0 Å². The zero-order chi connectivity index (χ0) is 19.6. The molecule has 3 aromatic rings. The highest BCUT2D eigenvalue weighted by molar-refractivity contribution is 5.88. The molecular formula is C20H23N3O4. The van der Waals surface area contributed by atoms with Gasteiger partial charge in [-0.2, -0.15) is 5.10 Å². The van der Waals surface area contributed by atoms with E-state index >= 15 is 0 Å². The normalized spacial score (nSPS) is 11.0. The van der Waals surface area contributed by atoms with Crippen LogP contribution in [0, 0.1) is 6.92 Å². The predicted octanol–water partition coefficient (Wildman–Crippen LogP) is 2.43. The Morgan fingerprint density at radius 1 is 1.33 bits per heavy atom. The summed E-state index contributed by atoms with van der Waals surface area (Å²) >= 11 is 0. The van der Waals surface area contributed by atoms with Gasteiger partial charge in [0.2, 0.25) is 0 Å². The van der Waals surface area contributed by atoms with E-state index in [1.165, 1.54) is 6.07 Å². The van der Waals surface area contributed by atoms with Crippen LogP contribution in [0.5, 0.6) is 5.75 Å². The number of fused-ring (bicyclic) bond motifs is 1. The van der Waals surface area contributed by atoms with E-state index < -0.39 is 0 Å². The molecule has 7 nitrogen and oxygen atoms in total. The summed E-state index contributed by atoms with van der Waals surface area (Å²) in [6.07, 6.45) is 4.26. The highest BCUT2D eigenvalue weighted by atomic mass is 16.5. The Balaban J connectivity index is 1.80. The van der Waals surface area contributed by atoms with Crippen LogP contribution in [0.15, 0.2) is 39.8 Å². The Bertz CT molecular complexity index is 1040. The Kier molecular flexibility index (Phi) is 5.30. The van der Waals surface area contributed by atoms with Crippen LogP contribution in [0.4, 0.5) is 0 Å². The van der Waals surface area contributed by atoms with Crippen LogP contribution < -0.4 is 10.4 Å². The summed E-state index contributed by atoms with van der Waals surface area (Å²) in [4.78, 5) is 25.8. The van der Waals surface area contributed by atoms with Crippen LogP contribution in [0.2, 0.25) is 0 Å². The first-order valence-corrected chi connectivity index (χ1v) is 8.79. The van der Waals surface area contributed by atoms with E-state index in [4.69, 9.17) is 9.15 Å². The lowest BCUT2D eigenvalue weighted by Gasteiger charge is -2.17. The van der Waals surface area contributed by atoms with Gasteiger partial charge in [-0.1, -0.05) is 6.92 Å². The van der Waals surface area contributed by atoms with Gasteiger partial charge in [0.25, 0.3) is 5.91 Å². The third kappa shape index (κ3) is 4.19. The molecule has 0 aliphatic carbocycles. The molecule has 0 saturated heterocycles. The molecule has 2 heterocycles. The van der Waals surface area contributed by atoms with Gasteiger partial charge in [0.05, 0.1) is 11.6 Å². The number of carbonyl (C=O) groups excluding carboxylic acids is 1. The van der Waals surface area contributed by atoms with Gasteiger partial charge in [-0.25, -0.2) is 4.79 Å². The minimum absolute atomic E-state index is 0.0996. The average molecular weight is 369 g/mol. The second-order valence-corrected chi connectivity index (χ2v) is 6.64. The van der Waals surface area contributed by atoms with Crippen LogP contribution in [0.25, 0.3) is 11.0 Å². The number of hydrogen-bond donors (Lipinski definition) is 0. The number of likely N-dealkylation sites (N-methyl/N-ethyl adjacent to an activating group) is 1. The van der Waals surface area contributed by atoms with E-state index in [0.717, 1.165) is 22.1 Å². The molecule has 2 aromatic heterocycles. The number of carbonyl (C=O) groups is 1. The summed E-state index contributed by atoms with van der Waals surface area (Å²) in [6.45, 7) is 4.21. The van der Waals surface area contributed by atoms with Gasteiger partial charge < -0.3 is 14.1 Å². The molecule has 0 fully saturated rings. The smallest absolute Gasteiger partial charge is 0.336 e. The Labute approximate surface area is 157 Å². The van der Waals surface area contributed by atoms with Crippen molar-refractivity contribution in [2.45, 2.75) is 26.8 Å². The van der Waals surface area contributed by atoms with Crippen LogP contribution in [0.1, 0.15) is 23.6 Å². The minimum Gasteiger partial charge on any atom is -0.483 e. The second-order valence-electron chi connectivity index (χ2n) is 6.64. The van der Waals surface area contributed by atoms with Crippen molar-refractivity contribution in [3.8, 4) is 5.75 Å². The molecule has 0 bridgehead atoms. The number of ether oxygens (including phenoxy) is 1. The fourth-order valence-electron chi connectivity index (χ4n) is 3.03. The molecule has 0 atom stereocenters. The summed E-state index contributed by atoms with van der Waals surface area (Å²) in [5, 5.41) is 4.85. The number of aromatic nitrogens is 2. The zero-order valence-electron chi connectivity index (χ0n) is 16.0. The summed E-state index contributed by atoms with van der Waals surface area (Å²) in [6, 6.07) is 5.13. The lowest BCUT2D eigenvalue weighted by molar-refractivity contribution is -0.132. The summed E-state index contributed by atoms with van der Waals surface area (Å²) in [5.41, 5.74) is 2.77. The van der Waals surface area contributed by atoms with Gasteiger partial charge in [-0.3, -0.25) is 9.48 Å². The topological polar surface area (TPSA) is 77.6 Å². The molecule has 27 heavy (non-hydrogen) atoms. The first-order chi connectivity index (χ1) is 12.9. The Morgan fingerprint density at radius 3 is 2.78 bits per heavy atom. The van der Waals surface area contributed by atoms with Gasteiger partial charge in [0.1, 0.15) is 11.3 Å². The van der Waals surface area contributed by atoms with Gasteiger partial charge >= 0.3 is 5.63 Å². The summed E-state index contributed by atoms with van der Waals surface area (Å²) < 4.78 is 12.9. The molecule has 1 aromatic carbocycles. The Morgan fingerprint density at radius 2 is 2.11 bits per heavy atom. The number of aryl methyl sites for hydroxylation is 3. The number of nitrogens with zero attached hydrogens (tertiary/aromatic N) is 3. The summed E-state index contributed by atoms with van der Waals surface area (Å²) in [7, 11) is 3.56. The van der Waals surface area contributed by atoms with Crippen molar-refractivity contribution < 1.29 is 13.9 Å². The van der Waals surface area contributed by atoms with Crippen LogP contribution >= 0.6 is 0 Å². The SMILES string of the molecule is CCc1cc(=O)oc2cc(C)cc(OCC(=O)N(C)Cc3cnn(C)c3)c12. The number of benzene rings is 1. The van der Waals surface area contributed by atoms with E-state index in [1.807, 2.05) is 33.2 Å². The molecular weight excluding hydrogens is 346 g/mol. The summed E-state index contributed by atoms with van der Waals surface area (Å²) in [5.74, 6) is 0.401. The van der Waals surface area contributed by atoms with Crippen LogP contribution in [-0.4, -0.2) is 34.2 Å². The predicted molar refractivity (Wildman–Crippen MR) is 102 cm³/mol. The quantitative estimate of drug-likeness (QED) is 0.624. The lowest BCUT2D eigenvalue weighted by Crippen LogP contribution is -2.30. The molecule has 142 valence electrons. The average Bonchev–Trinajstić information content (AvgIpc) is 3.02. The minimum atomic E-state index is -0.386. The maximum absolute atomic E-state index is 12.5. The van der Waals surface area contributed by atoms with Crippen molar-refractivity contribution in [2.75, 3.05) is 13.7 Å². The van der Waals surface area contributed by atoms with Crippen LogP contribution in [-0.2, 0) is 24.8 Å². The first-order valence-electron chi connectivity index (χ1n) is 8.79. The molecule has 0 N–H and O–H groups in total. The van der Waals surface area contributed by atoms with Gasteiger partial charge in [0, 0.05) is 38.5 Å². The molecule has 0 aliphatic heterocycles. The van der Waals surface area contributed by atoms with Gasteiger partial charge in [0.15, 0.2) is 6.61 Å². The molecule has 0 saturated carbocycles. The fourth-order valence-corrected chi connectivity index (χ4v) is 3.03. The largest absolute Gasteiger partial charge is 0.483 e. The van der Waals surface area contributed by atoms with Crippen molar-refractivity contribution in [1.29, 1.82) is 0 Å². The van der Waals surface area contributed by atoms with Crippen molar-refractivity contribution in [3.05, 3.63) is 57.7 Å². The van der Waals surface area contributed by atoms with E-state index in [9.17, 15) is 9.59 Å². The van der Waals surface area contributed by atoms with E-state index in [-0.39, 0.29) is 18.1 Å². The Hall–Kier alpha value is -3.09. The number of hydrogen-bond acceptors (Lipinski definition) is 5. The first kappa shape index (κ1) is 18.7. The molecule has 1 amide bonds. The molecule has 0 spiro atoms. The molecule has 3 rings (SSSR count). The van der Waals surface area contributed by atoms with Crippen LogP contribution in [0.3, 0.4) is 0 Å². The van der Waals surface area contributed by atoms with Crippen molar-refractivity contribution in [1.82, 2.24) is 14.7 Å². The van der Waals surface area contributed by atoms with E-state index in [1.54, 1.807) is 28.9 Å². The standard InChI is InChI=1S/C20H23N3O4/c1-5-15-8-19(25)27-17-7-13(2)6-16(20(15)17)26-12-18(24)22(3)10-14-9-21-23(4)11-14/h6-9,11H,5,10,12H2,1-4H3. The third-order valence-electron chi connectivity index (χ3n) is 4.37. The molecule has 0 radical (unpaired) electrons. The third-order valence-corrected chi connectivity index (χ3v) is 4.37. The molecule has 0 unspecified atom stereocenters. The maximum Gasteiger partial charge on any atom is 0.336 e. The zero-order valence-corrected chi connectivity index (χ0v) is 16.0. The lowest BCUT2D eigenvalue weighted by atomic mass is 10.1. The van der Waals surface area contributed by atoms with Gasteiger partial charge in [-0.15, -0.1) is 0 Å². The van der Waals surface area contributed by atoms with Crippen molar-refractivity contribution in [2.24, 2.45) is 7.05 Å². The number of rotatable bonds is 6. The highest BCUT2D eigenvalue weighted by Crippen LogP contribution is 2.30. The maximum atomic E-state index is 12.5. The monoisotopic (exact) mass is 369 g/mol. The number of amides is 1. The fraction of sp³-hybridized carbons (Fsp3) is 0.350. The molecule has 0 aliphatic rings. The van der Waals surface area contributed by atoms with Crippen molar-refractivity contribution >= 4 is 16.9 Å². The van der Waals surface area contributed by atoms with E-state index in [0.29, 0.717) is 24.3 Å². The second kappa shape index (κ2) is 7.65. The highest BCUT2D eigenvalue weighted by Gasteiger charge is 2.15. The van der Waals surface area contributed by atoms with E-state index in [2.05, 4.69) is 5.10 Å². The molecule has 7 heteroatoms.